The first-order valence-electron chi connectivity index (χ1n) is 4.76. The number of unbranched alkanes of at least 4 members (excludes halogenated alkanes) is 1. The van der Waals surface area contributed by atoms with E-state index in [4.69, 9.17) is 10.8 Å². The molecule has 0 aromatic carbocycles. The predicted molar refractivity (Wildman–Crippen MR) is 52.6 cm³/mol. The summed E-state index contributed by atoms with van der Waals surface area (Å²) in [4.78, 5) is 10.7. The van der Waals surface area contributed by atoms with Crippen molar-refractivity contribution in [2.45, 2.75) is 45.2 Å². The van der Waals surface area contributed by atoms with Crippen LogP contribution < -0.4 is 11.1 Å². The summed E-state index contributed by atoms with van der Waals surface area (Å²) in [6.07, 6.45) is 2.42. The fourth-order valence-electron chi connectivity index (χ4n) is 1.17. The van der Waals surface area contributed by atoms with Crippen LogP contribution in [-0.2, 0) is 4.79 Å². The van der Waals surface area contributed by atoms with Gasteiger partial charge in [0.15, 0.2) is 0 Å². The van der Waals surface area contributed by atoms with Gasteiger partial charge < -0.3 is 16.2 Å². The number of hydrogen-bond donors (Lipinski definition) is 3. The second kappa shape index (κ2) is 6.86. The summed E-state index contributed by atoms with van der Waals surface area (Å²) in [7, 11) is 0. The molecule has 4 N–H and O–H groups in total. The summed E-state index contributed by atoms with van der Waals surface area (Å²) in [5.74, 6) is -0.772. The topological polar surface area (TPSA) is 75.3 Å². The molecule has 0 rings (SSSR count). The summed E-state index contributed by atoms with van der Waals surface area (Å²) in [5, 5.41) is 11.8. The maximum atomic E-state index is 10.7. The molecule has 78 valence electrons. The maximum absolute atomic E-state index is 10.7. The first-order valence-corrected chi connectivity index (χ1v) is 4.76. The summed E-state index contributed by atoms with van der Waals surface area (Å²) >= 11 is 0. The Balaban J connectivity index is 3.74. The van der Waals surface area contributed by atoms with Gasteiger partial charge in [-0.2, -0.15) is 0 Å². The molecule has 0 aliphatic carbocycles. The van der Waals surface area contributed by atoms with Crippen LogP contribution in [0, 0.1) is 0 Å². The zero-order valence-corrected chi connectivity index (χ0v) is 8.42. The summed E-state index contributed by atoms with van der Waals surface area (Å²) in [6.45, 7) is 4.52. The minimum atomic E-state index is -0.772. The summed E-state index contributed by atoms with van der Waals surface area (Å²) in [5.41, 5.74) is 5.32. The van der Waals surface area contributed by atoms with Crippen molar-refractivity contribution in [3.63, 3.8) is 0 Å². The number of carbonyl (C=O) groups is 1. The van der Waals surface area contributed by atoms with E-state index in [9.17, 15) is 4.79 Å². The Morgan fingerprint density at radius 3 is 2.46 bits per heavy atom. The highest BCUT2D eigenvalue weighted by atomic mass is 16.4. The average Bonchev–Trinajstić information content (AvgIpc) is 2.02. The van der Waals surface area contributed by atoms with Gasteiger partial charge in [-0.25, -0.2) is 0 Å². The monoisotopic (exact) mass is 188 g/mol. The van der Waals surface area contributed by atoms with Crippen LogP contribution in [0.25, 0.3) is 0 Å². The number of nitrogens with two attached hydrogens (primary N) is 1. The fraction of sp³-hybridized carbons (Fsp3) is 0.889. The highest BCUT2D eigenvalue weighted by Crippen LogP contribution is 2.01. The number of rotatable bonds is 7. The van der Waals surface area contributed by atoms with E-state index in [0.29, 0.717) is 13.0 Å². The van der Waals surface area contributed by atoms with E-state index < -0.39 is 12.0 Å². The lowest BCUT2D eigenvalue weighted by molar-refractivity contribution is -0.139. The van der Waals surface area contributed by atoms with Crippen LogP contribution in [0.1, 0.15) is 33.1 Å². The molecular weight excluding hydrogens is 168 g/mol. The predicted octanol–water partition coefficient (Wildman–Crippen LogP) is 0.567. The molecule has 13 heavy (non-hydrogen) atoms. The van der Waals surface area contributed by atoms with E-state index >= 15 is 0 Å². The molecule has 0 saturated carbocycles. The van der Waals surface area contributed by atoms with Crippen molar-refractivity contribution < 1.29 is 9.90 Å². The molecule has 0 aromatic rings. The smallest absolute Gasteiger partial charge is 0.320 e. The van der Waals surface area contributed by atoms with Crippen molar-refractivity contribution >= 4 is 5.97 Å². The number of carboxylic acid groups (broad SMARTS) is 1. The highest BCUT2D eigenvalue weighted by molar-refractivity contribution is 5.73. The quantitative estimate of drug-likeness (QED) is 0.510. The van der Waals surface area contributed by atoms with Crippen LogP contribution in [-0.4, -0.2) is 29.7 Å². The Morgan fingerprint density at radius 1 is 1.46 bits per heavy atom. The molecular formula is C9H20N2O2. The average molecular weight is 188 g/mol. The SMILES string of the molecule is CC(C)N[C@H](CCCCN)C(=O)O. The van der Waals surface area contributed by atoms with Crippen LogP contribution in [0.4, 0.5) is 0 Å². The number of hydrogen-bond acceptors (Lipinski definition) is 3. The van der Waals surface area contributed by atoms with Gasteiger partial charge in [-0.05, 0) is 19.4 Å². The number of nitrogens with one attached hydrogen (secondary N) is 1. The van der Waals surface area contributed by atoms with Gasteiger partial charge in [-0.1, -0.05) is 20.3 Å². The Morgan fingerprint density at radius 2 is 2.08 bits per heavy atom. The molecule has 0 radical (unpaired) electrons. The molecule has 1 atom stereocenters. The molecule has 0 fully saturated rings. The molecule has 0 aliphatic rings. The lowest BCUT2D eigenvalue weighted by atomic mass is 10.1. The maximum Gasteiger partial charge on any atom is 0.320 e. The van der Waals surface area contributed by atoms with Crippen LogP contribution >= 0.6 is 0 Å². The van der Waals surface area contributed by atoms with E-state index in [1.54, 1.807) is 0 Å². The van der Waals surface area contributed by atoms with Crippen LogP contribution in [0.3, 0.4) is 0 Å². The van der Waals surface area contributed by atoms with Crippen LogP contribution in [0.15, 0.2) is 0 Å². The van der Waals surface area contributed by atoms with Gasteiger partial charge in [0, 0.05) is 6.04 Å². The van der Waals surface area contributed by atoms with Gasteiger partial charge in [-0.3, -0.25) is 4.79 Å². The lowest BCUT2D eigenvalue weighted by Gasteiger charge is -2.16. The molecule has 0 aromatic heterocycles. The molecule has 0 bridgehead atoms. The third kappa shape index (κ3) is 6.54. The van der Waals surface area contributed by atoms with Crippen LogP contribution in [0.5, 0.6) is 0 Å². The van der Waals surface area contributed by atoms with Crippen molar-refractivity contribution in [3.8, 4) is 0 Å². The first kappa shape index (κ1) is 12.4. The summed E-state index contributed by atoms with van der Waals surface area (Å²) in [6, 6.07) is -0.217. The second-order valence-electron chi connectivity index (χ2n) is 3.50. The van der Waals surface area contributed by atoms with Crippen molar-refractivity contribution in [2.75, 3.05) is 6.54 Å². The minimum absolute atomic E-state index is 0.207. The minimum Gasteiger partial charge on any atom is -0.480 e. The van der Waals surface area contributed by atoms with Crippen molar-refractivity contribution in [3.05, 3.63) is 0 Å². The van der Waals surface area contributed by atoms with Gasteiger partial charge in [0.1, 0.15) is 6.04 Å². The zero-order chi connectivity index (χ0) is 10.3. The van der Waals surface area contributed by atoms with E-state index in [0.717, 1.165) is 12.8 Å². The molecule has 0 unspecified atom stereocenters. The van der Waals surface area contributed by atoms with Gasteiger partial charge in [0.05, 0.1) is 0 Å². The summed E-state index contributed by atoms with van der Waals surface area (Å²) < 4.78 is 0. The molecule has 0 aliphatic heterocycles. The van der Waals surface area contributed by atoms with Gasteiger partial charge in [0.2, 0.25) is 0 Å². The standard InChI is InChI=1S/C9H20N2O2/c1-7(2)11-8(9(12)13)5-3-4-6-10/h7-8,11H,3-6,10H2,1-2H3,(H,12,13)/t8-/m1/s1. The van der Waals surface area contributed by atoms with Crippen molar-refractivity contribution in [2.24, 2.45) is 5.73 Å². The normalized spacial score (nSPS) is 13.2. The molecule has 0 saturated heterocycles. The van der Waals surface area contributed by atoms with E-state index in [1.807, 2.05) is 13.8 Å². The lowest BCUT2D eigenvalue weighted by Crippen LogP contribution is -2.40. The van der Waals surface area contributed by atoms with E-state index in [-0.39, 0.29) is 6.04 Å². The van der Waals surface area contributed by atoms with Gasteiger partial charge in [-0.15, -0.1) is 0 Å². The first-order chi connectivity index (χ1) is 6.07. The fourth-order valence-corrected chi connectivity index (χ4v) is 1.17. The van der Waals surface area contributed by atoms with Crippen LogP contribution in [0.2, 0.25) is 0 Å². The number of aliphatic carboxylic acids is 1. The van der Waals surface area contributed by atoms with Gasteiger partial charge >= 0.3 is 5.97 Å². The Bertz CT molecular complexity index is 149. The molecule has 4 heteroatoms. The van der Waals surface area contributed by atoms with E-state index in [2.05, 4.69) is 5.32 Å². The van der Waals surface area contributed by atoms with Crippen molar-refractivity contribution in [1.29, 1.82) is 0 Å². The number of carboxylic acids is 1. The molecule has 4 nitrogen and oxygen atoms in total. The largest absolute Gasteiger partial charge is 0.480 e. The Labute approximate surface area is 79.5 Å². The van der Waals surface area contributed by atoms with E-state index in [1.165, 1.54) is 0 Å². The second-order valence-corrected chi connectivity index (χ2v) is 3.50. The third-order valence-corrected chi connectivity index (χ3v) is 1.78. The molecule has 0 amide bonds. The highest BCUT2D eigenvalue weighted by Gasteiger charge is 2.16. The Kier molecular flexibility index (Phi) is 6.54. The molecule has 0 spiro atoms. The molecule has 0 heterocycles. The zero-order valence-electron chi connectivity index (χ0n) is 8.42. The Hall–Kier alpha value is -0.610. The van der Waals surface area contributed by atoms with Gasteiger partial charge in [0.25, 0.3) is 0 Å². The van der Waals surface area contributed by atoms with Crippen molar-refractivity contribution in [1.82, 2.24) is 5.32 Å². The third-order valence-electron chi connectivity index (χ3n) is 1.78.